The second-order valence-electron chi connectivity index (χ2n) is 9.25. The predicted octanol–water partition coefficient (Wildman–Crippen LogP) is 1.39. The fraction of sp³-hybridized carbons (Fsp3) is 0.481. The highest BCUT2D eigenvalue weighted by Crippen LogP contribution is 2.33. The molecule has 2 N–H and O–H groups in total. The summed E-state index contributed by atoms with van der Waals surface area (Å²) in [4.78, 5) is 51.6. The summed E-state index contributed by atoms with van der Waals surface area (Å²) in [5, 5.41) is 5.39. The number of dihydropyridines is 1. The largest absolute Gasteiger partial charge is 0.463 e. The molecular weight excluding hydrogens is 558 g/mol. The van der Waals surface area contributed by atoms with Crippen LogP contribution < -0.4 is 10.6 Å². The molecule has 0 radical (unpaired) electrons. The lowest BCUT2D eigenvalue weighted by Gasteiger charge is -2.28. The number of carbonyl (C=O) groups excluding carboxylic acids is 4. The molecule has 13 nitrogen and oxygen atoms in total. The maximum atomic E-state index is 13.3. The van der Waals surface area contributed by atoms with Crippen LogP contribution in [0.3, 0.4) is 0 Å². The first-order chi connectivity index (χ1) is 19.4. The molecule has 1 saturated heterocycles. The minimum absolute atomic E-state index is 0.0101. The monoisotopic (exact) mass is 593 g/mol. The van der Waals surface area contributed by atoms with Gasteiger partial charge in [0.15, 0.2) is 6.61 Å². The number of anilines is 1. The highest BCUT2D eigenvalue weighted by Gasteiger charge is 2.42. The maximum Gasteiger partial charge on any atom is 0.337 e. The van der Waals surface area contributed by atoms with Crippen molar-refractivity contribution in [2.45, 2.75) is 39.5 Å². The minimum atomic E-state index is -3.96. The molecular formula is C27H35N3O10S. The number of sulfonamides is 1. The Labute approximate surface area is 238 Å². The van der Waals surface area contributed by atoms with Crippen LogP contribution in [0.1, 0.15) is 33.3 Å². The summed E-state index contributed by atoms with van der Waals surface area (Å²) in [6, 6.07) is 4.53. The van der Waals surface area contributed by atoms with Crippen molar-refractivity contribution in [1.82, 2.24) is 9.62 Å². The van der Waals surface area contributed by atoms with E-state index < -0.39 is 46.4 Å². The molecule has 14 heteroatoms. The van der Waals surface area contributed by atoms with Gasteiger partial charge in [0.25, 0.3) is 5.91 Å². The van der Waals surface area contributed by atoms with Gasteiger partial charge in [-0.2, -0.15) is 4.31 Å². The quantitative estimate of drug-likeness (QED) is 0.297. The summed E-state index contributed by atoms with van der Waals surface area (Å²) in [6.07, 6.45) is 0. The number of rotatable bonds is 10. The van der Waals surface area contributed by atoms with Crippen LogP contribution in [0, 0.1) is 12.8 Å². The summed E-state index contributed by atoms with van der Waals surface area (Å²) in [5.74, 6) is -5.08. The zero-order chi connectivity index (χ0) is 30.3. The third kappa shape index (κ3) is 7.31. The van der Waals surface area contributed by atoms with E-state index in [1.807, 2.05) is 0 Å². The van der Waals surface area contributed by atoms with Crippen molar-refractivity contribution < 1.29 is 46.5 Å². The Morgan fingerprint density at radius 3 is 2.05 bits per heavy atom. The van der Waals surface area contributed by atoms with Crippen LogP contribution in [0.2, 0.25) is 0 Å². The van der Waals surface area contributed by atoms with Crippen molar-refractivity contribution in [2.75, 3.05) is 51.4 Å². The number of hydrogen-bond donors (Lipinski definition) is 2. The van der Waals surface area contributed by atoms with Crippen LogP contribution in [-0.4, -0.2) is 82.7 Å². The molecule has 1 aromatic rings. The Kier molecular flexibility index (Phi) is 10.7. The highest BCUT2D eigenvalue weighted by atomic mass is 32.2. The van der Waals surface area contributed by atoms with Gasteiger partial charge in [-0.25, -0.2) is 18.0 Å². The van der Waals surface area contributed by atoms with Crippen LogP contribution in [-0.2, 0) is 48.1 Å². The molecule has 2 heterocycles. The second kappa shape index (κ2) is 13.7. The number of amides is 1. The van der Waals surface area contributed by atoms with Gasteiger partial charge in [0.05, 0.1) is 43.3 Å². The van der Waals surface area contributed by atoms with Gasteiger partial charge in [-0.05, 0) is 52.3 Å². The average Bonchev–Trinajstić information content (AvgIpc) is 2.92. The van der Waals surface area contributed by atoms with Gasteiger partial charge < -0.3 is 29.6 Å². The summed E-state index contributed by atoms with van der Waals surface area (Å²) in [5.41, 5.74) is 0.924. The lowest BCUT2D eigenvalue weighted by Crippen LogP contribution is -2.41. The lowest BCUT2D eigenvalue weighted by atomic mass is 9.85. The third-order valence-electron chi connectivity index (χ3n) is 6.33. The Morgan fingerprint density at radius 1 is 0.951 bits per heavy atom. The summed E-state index contributed by atoms with van der Waals surface area (Å²) in [7, 11) is -3.96. The fourth-order valence-electron chi connectivity index (χ4n) is 4.47. The van der Waals surface area contributed by atoms with Crippen molar-refractivity contribution in [3.63, 3.8) is 0 Å². The third-order valence-corrected chi connectivity index (χ3v) is 8.27. The average molecular weight is 594 g/mol. The number of esters is 3. The molecule has 1 fully saturated rings. The molecule has 2 aliphatic rings. The minimum Gasteiger partial charge on any atom is -0.463 e. The van der Waals surface area contributed by atoms with E-state index in [2.05, 4.69) is 10.6 Å². The lowest BCUT2D eigenvalue weighted by molar-refractivity contribution is -0.153. The van der Waals surface area contributed by atoms with E-state index in [1.54, 1.807) is 40.7 Å². The highest BCUT2D eigenvalue weighted by molar-refractivity contribution is 7.89. The van der Waals surface area contributed by atoms with E-state index in [4.69, 9.17) is 18.9 Å². The Hall–Kier alpha value is -3.75. The summed E-state index contributed by atoms with van der Waals surface area (Å²) < 4.78 is 48.6. The number of hydrogen-bond acceptors (Lipinski definition) is 11. The molecule has 1 amide bonds. The molecule has 2 aliphatic heterocycles. The molecule has 41 heavy (non-hydrogen) atoms. The van der Waals surface area contributed by atoms with Crippen molar-refractivity contribution in [2.24, 2.45) is 5.92 Å². The van der Waals surface area contributed by atoms with Gasteiger partial charge >= 0.3 is 17.9 Å². The number of benzene rings is 1. The molecule has 0 saturated carbocycles. The Bertz CT molecular complexity index is 1340. The van der Waals surface area contributed by atoms with Gasteiger partial charge in [0.1, 0.15) is 10.8 Å². The van der Waals surface area contributed by atoms with Crippen LogP contribution in [0.5, 0.6) is 0 Å². The maximum absolute atomic E-state index is 13.3. The van der Waals surface area contributed by atoms with E-state index in [0.29, 0.717) is 5.56 Å². The molecule has 224 valence electrons. The SMILES string of the molecule is CCOC(=O)C1=C(C)NC(C)=C(C(=O)OCC)C1C(=O)OCC(=O)Nc1ccc(C)cc1S(=O)(=O)N1CCOCC1. The van der Waals surface area contributed by atoms with E-state index >= 15 is 0 Å². The molecule has 0 aliphatic carbocycles. The van der Waals surface area contributed by atoms with Gasteiger partial charge in [0, 0.05) is 24.5 Å². The summed E-state index contributed by atoms with van der Waals surface area (Å²) >= 11 is 0. The molecule has 0 bridgehead atoms. The van der Waals surface area contributed by atoms with Gasteiger partial charge in [-0.1, -0.05) is 6.07 Å². The number of carbonyl (C=O) groups is 4. The first kappa shape index (κ1) is 31.8. The van der Waals surface area contributed by atoms with Crippen LogP contribution in [0.4, 0.5) is 5.69 Å². The van der Waals surface area contributed by atoms with Gasteiger partial charge in [0.2, 0.25) is 10.0 Å². The smallest absolute Gasteiger partial charge is 0.337 e. The van der Waals surface area contributed by atoms with Crippen LogP contribution >= 0.6 is 0 Å². The Balaban J connectivity index is 1.83. The molecule has 3 rings (SSSR count). The summed E-state index contributed by atoms with van der Waals surface area (Å²) in [6.45, 7) is 8.04. The van der Waals surface area contributed by atoms with Gasteiger partial charge in [-0.15, -0.1) is 0 Å². The van der Waals surface area contributed by atoms with Crippen molar-refractivity contribution >= 4 is 39.5 Å². The number of morpholine rings is 1. The number of nitrogens with one attached hydrogen (secondary N) is 2. The molecule has 1 aromatic carbocycles. The predicted molar refractivity (Wildman–Crippen MR) is 146 cm³/mol. The standard InChI is InChI=1S/C27H35N3O10S/c1-6-38-25(32)22-17(4)28-18(5)23(26(33)39-7-2)24(22)27(34)40-15-21(31)29-19-9-8-16(3)14-20(19)41(35,36)30-10-12-37-13-11-30/h8-9,14,24,28H,6-7,10-13,15H2,1-5H3,(H,29,31). The van der Waals surface area contributed by atoms with E-state index in [-0.39, 0.29) is 72.6 Å². The van der Waals surface area contributed by atoms with Crippen molar-refractivity contribution in [3.05, 3.63) is 46.3 Å². The van der Waals surface area contributed by atoms with Crippen LogP contribution in [0.25, 0.3) is 0 Å². The van der Waals surface area contributed by atoms with Crippen LogP contribution in [0.15, 0.2) is 45.6 Å². The molecule has 0 atom stereocenters. The zero-order valence-corrected chi connectivity index (χ0v) is 24.5. The van der Waals surface area contributed by atoms with E-state index in [9.17, 15) is 27.6 Å². The fourth-order valence-corrected chi connectivity index (χ4v) is 6.11. The topological polar surface area (TPSA) is 167 Å². The molecule has 0 spiro atoms. The first-order valence-corrected chi connectivity index (χ1v) is 14.5. The number of nitrogens with zero attached hydrogens (tertiary/aromatic N) is 1. The Morgan fingerprint density at radius 2 is 1.51 bits per heavy atom. The molecule has 0 unspecified atom stereocenters. The van der Waals surface area contributed by atoms with E-state index in [1.165, 1.54) is 16.4 Å². The van der Waals surface area contributed by atoms with Crippen molar-refractivity contribution in [1.29, 1.82) is 0 Å². The number of ether oxygens (including phenoxy) is 4. The number of aryl methyl sites for hydroxylation is 1. The number of allylic oxidation sites excluding steroid dienone is 2. The second-order valence-corrected chi connectivity index (χ2v) is 11.2. The zero-order valence-electron chi connectivity index (χ0n) is 23.7. The molecule has 0 aromatic heterocycles. The normalized spacial score (nSPS) is 16.6. The van der Waals surface area contributed by atoms with Gasteiger partial charge in [-0.3, -0.25) is 9.59 Å². The van der Waals surface area contributed by atoms with E-state index in [0.717, 1.165) is 0 Å². The first-order valence-electron chi connectivity index (χ1n) is 13.1. The van der Waals surface area contributed by atoms with Crippen molar-refractivity contribution in [3.8, 4) is 0 Å².